The van der Waals surface area contributed by atoms with E-state index in [4.69, 9.17) is 9.47 Å². The van der Waals surface area contributed by atoms with Gasteiger partial charge in [0.05, 0.1) is 25.4 Å². The van der Waals surface area contributed by atoms with Crippen LogP contribution in [0, 0.1) is 0 Å². The van der Waals surface area contributed by atoms with Gasteiger partial charge in [0, 0.05) is 6.42 Å². The van der Waals surface area contributed by atoms with Crippen molar-refractivity contribution in [2.75, 3.05) is 13.2 Å². The molecule has 0 saturated carbocycles. The second-order valence-corrected chi connectivity index (χ2v) is 13.4. The van der Waals surface area contributed by atoms with Crippen LogP contribution in [0.3, 0.4) is 0 Å². The molecule has 1 fully saturated rings. The highest BCUT2D eigenvalue weighted by Gasteiger charge is 2.44. The Balaban J connectivity index is 2.46. The summed E-state index contributed by atoms with van der Waals surface area (Å²) in [7, 11) is 0. The molecular weight excluding hydrogens is 586 g/mol. The molecule has 0 radical (unpaired) electrons. The summed E-state index contributed by atoms with van der Waals surface area (Å²) in [4.78, 5) is 12.8. The fraction of sp³-hybridized carbons (Fsp3) is 0.919. The smallest absolute Gasteiger partial charge is 0.220 e. The lowest BCUT2D eigenvalue weighted by Crippen LogP contribution is -2.60. The van der Waals surface area contributed by atoms with Crippen molar-refractivity contribution in [1.82, 2.24) is 5.32 Å². The van der Waals surface area contributed by atoms with Gasteiger partial charge in [0.1, 0.15) is 24.4 Å². The topological polar surface area (TPSA) is 149 Å². The Morgan fingerprint density at radius 3 is 1.70 bits per heavy atom. The molecule has 0 bridgehead atoms. The van der Waals surface area contributed by atoms with Gasteiger partial charge in [-0.15, -0.1) is 0 Å². The molecule has 1 amide bonds. The summed E-state index contributed by atoms with van der Waals surface area (Å²) in [6, 6.07) is -0.795. The average Bonchev–Trinajstić information content (AvgIpc) is 3.05. The summed E-state index contributed by atoms with van der Waals surface area (Å²) in [5.74, 6) is -0.180. The minimum absolute atomic E-state index is 0.180. The fourth-order valence-electron chi connectivity index (χ4n) is 5.98. The highest BCUT2D eigenvalue weighted by molar-refractivity contribution is 5.76. The van der Waals surface area contributed by atoms with Crippen molar-refractivity contribution in [2.24, 2.45) is 0 Å². The van der Waals surface area contributed by atoms with Crippen LogP contribution >= 0.6 is 0 Å². The van der Waals surface area contributed by atoms with Gasteiger partial charge in [-0.05, 0) is 19.3 Å². The second-order valence-electron chi connectivity index (χ2n) is 13.4. The minimum atomic E-state index is -1.56. The van der Waals surface area contributed by atoms with Crippen molar-refractivity contribution >= 4 is 5.91 Å². The SMILES string of the molecule is CCCCCCCCCC/C=C/[C@@H](O)[C@H](CO[C@@H]1O[C@H](CO)[C@@H](O)C(O)C1O)NC(=O)CCCCCCCCCCCCCCC. The van der Waals surface area contributed by atoms with Crippen molar-refractivity contribution in [3.8, 4) is 0 Å². The standard InChI is InChI=1S/C37H71NO8/c1-3-5-7-9-11-13-15-16-17-19-21-23-25-27-33(41)38-30(29-45-37-36(44)35(43)34(42)32(28-39)46-37)31(40)26-24-22-20-18-14-12-10-8-6-4-2/h24,26,30-32,34-37,39-40,42-44H,3-23,25,27-29H2,1-2H3,(H,38,41)/b26-24+/t30-,31+,32+,34+,35?,36?,37+/m0/s1. The first-order chi connectivity index (χ1) is 22.3. The Labute approximate surface area is 280 Å². The highest BCUT2D eigenvalue weighted by atomic mass is 16.7. The third-order valence-corrected chi connectivity index (χ3v) is 9.11. The Morgan fingerprint density at radius 1 is 0.717 bits per heavy atom. The van der Waals surface area contributed by atoms with E-state index in [9.17, 15) is 30.3 Å². The van der Waals surface area contributed by atoms with E-state index in [1.807, 2.05) is 6.08 Å². The van der Waals surface area contributed by atoms with Gasteiger partial charge in [-0.25, -0.2) is 0 Å². The van der Waals surface area contributed by atoms with Crippen LogP contribution in [0.1, 0.15) is 162 Å². The predicted molar refractivity (Wildman–Crippen MR) is 184 cm³/mol. The van der Waals surface area contributed by atoms with Crippen molar-refractivity contribution in [2.45, 2.75) is 204 Å². The van der Waals surface area contributed by atoms with Crippen molar-refractivity contribution in [3.05, 3.63) is 12.2 Å². The molecular formula is C37H71NO8. The molecule has 46 heavy (non-hydrogen) atoms. The van der Waals surface area contributed by atoms with Gasteiger partial charge in [0.2, 0.25) is 5.91 Å². The van der Waals surface area contributed by atoms with Crippen LogP contribution in [0.2, 0.25) is 0 Å². The lowest BCUT2D eigenvalue weighted by Gasteiger charge is -2.40. The number of unbranched alkanes of at least 4 members (excludes halogenated alkanes) is 20. The van der Waals surface area contributed by atoms with Crippen molar-refractivity contribution < 1.29 is 39.8 Å². The van der Waals surface area contributed by atoms with Crippen LogP contribution in [0.25, 0.3) is 0 Å². The van der Waals surface area contributed by atoms with E-state index in [0.717, 1.165) is 38.5 Å². The molecule has 2 unspecified atom stereocenters. The number of hydrogen-bond donors (Lipinski definition) is 6. The molecule has 6 N–H and O–H groups in total. The Bertz CT molecular complexity index is 736. The number of amides is 1. The summed E-state index contributed by atoms with van der Waals surface area (Å²) < 4.78 is 11.1. The second kappa shape index (κ2) is 28.9. The van der Waals surface area contributed by atoms with E-state index in [1.165, 1.54) is 103 Å². The summed E-state index contributed by atoms with van der Waals surface area (Å²) in [5, 5.41) is 53.8. The van der Waals surface area contributed by atoms with E-state index in [0.29, 0.717) is 6.42 Å². The van der Waals surface area contributed by atoms with E-state index >= 15 is 0 Å². The van der Waals surface area contributed by atoms with Crippen LogP contribution in [-0.2, 0) is 14.3 Å². The Kier molecular flexibility index (Phi) is 27.0. The zero-order chi connectivity index (χ0) is 33.8. The zero-order valence-electron chi connectivity index (χ0n) is 29.3. The number of hydrogen-bond acceptors (Lipinski definition) is 8. The molecule has 1 aliphatic rings. The summed E-state index contributed by atoms with van der Waals surface area (Å²) in [6.45, 7) is 3.72. The van der Waals surface area contributed by atoms with Crippen LogP contribution in [-0.4, -0.2) is 87.5 Å². The van der Waals surface area contributed by atoms with Gasteiger partial charge >= 0.3 is 0 Å². The Morgan fingerprint density at radius 2 is 1.20 bits per heavy atom. The molecule has 272 valence electrons. The first kappa shape index (κ1) is 43.0. The summed E-state index contributed by atoms with van der Waals surface area (Å²) in [5.41, 5.74) is 0. The maximum absolute atomic E-state index is 12.8. The predicted octanol–water partition coefficient (Wildman–Crippen LogP) is 6.22. The first-order valence-electron chi connectivity index (χ1n) is 18.9. The third kappa shape index (κ3) is 20.3. The van der Waals surface area contributed by atoms with Gasteiger partial charge < -0.3 is 40.3 Å². The van der Waals surface area contributed by atoms with E-state index < -0.39 is 49.5 Å². The maximum Gasteiger partial charge on any atom is 0.220 e. The monoisotopic (exact) mass is 658 g/mol. The number of ether oxygens (including phenoxy) is 2. The number of rotatable bonds is 30. The van der Waals surface area contributed by atoms with E-state index in [-0.39, 0.29) is 12.5 Å². The number of aliphatic hydroxyl groups is 5. The minimum Gasteiger partial charge on any atom is -0.394 e. The lowest BCUT2D eigenvalue weighted by molar-refractivity contribution is -0.302. The number of carbonyl (C=O) groups is 1. The number of carbonyl (C=O) groups excluding carboxylic acids is 1. The average molecular weight is 658 g/mol. The summed E-state index contributed by atoms with van der Waals surface area (Å²) in [6.07, 6.45) is 22.5. The molecule has 0 aromatic heterocycles. The van der Waals surface area contributed by atoms with Gasteiger partial charge in [0.15, 0.2) is 6.29 Å². The van der Waals surface area contributed by atoms with Crippen molar-refractivity contribution in [1.29, 1.82) is 0 Å². The lowest BCUT2D eigenvalue weighted by atomic mass is 9.99. The van der Waals surface area contributed by atoms with Crippen LogP contribution in [0.15, 0.2) is 12.2 Å². The van der Waals surface area contributed by atoms with Crippen molar-refractivity contribution in [3.63, 3.8) is 0 Å². The van der Waals surface area contributed by atoms with Crippen LogP contribution < -0.4 is 5.32 Å². The maximum atomic E-state index is 12.8. The summed E-state index contributed by atoms with van der Waals surface area (Å²) >= 11 is 0. The third-order valence-electron chi connectivity index (χ3n) is 9.11. The molecule has 0 spiro atoms. The largest absolute Gasteiger partial charge is 0.394 e. The molecule has 9 heteroatoms. The van der Waals surface area contributed by atoms with Crippen LogP contribution in [0.5, 0.6) is 0 Å². The normalized spacial score (nSPS) is 23.2. The van der Waals surface area contributed by atoms with E-state index in [2.05, 4.69) is 19.2 Å². The molecule has 7 atom stereocenters. The molecule has 1 heterocycles. The molecule has 1 saturated heterocycles. The van der Waals surface area contributed by atoms with E-state index in [1.54, 1.807) is 6.08 Å². The fourth-order valence-corrected chi connectivity index (χ4v) is 5.98. The van der Waals surface area contributed by atoms with Gasteiger partial charge in [-0.1, -0.05) is 148 Å². The zero-order valence-corrected chi connectivity index (χ0v) is 29.3. The highest BCUT2D eigenvalue weighted by Crippen LogP contribution is 2.22. The molecule has 1 aliphatic heterocycles. The molecule has 0 aliphatic carbocycles. The Hall–Kier alpha value is -1.07. The molecule has 0 aromatic carbocycles. The van der Waals surface area contributed by atoms with Gasteiger partial charge in [0.25, 0.3) is 0 Å². The first-order valence-corrected chi connectivity index (χ1v) is 18.9. The molecule has 0 aromatic rings. The molecule has 9 nitrogen and oxygen atoms in total. The van der Waals surface area contributed by atoms with Gasteiger partial charge in [-0.3, -0.25) is 4.79 Å². The number of nitrogens with one attached hydrogen (secondary N) is 1. The number of allylic oxidation sites excluding steroid dienone is 1. The van der Waals surface area contributed by atoms with Crippen LogP contribution in [0.4, 0.5) is 0 Å². The number of aliphatic hydroxyl groups excluding tert-OH is 5. The van der Waals surface area contributed by atoms with Gasteiger partial charge in [-0.2, -0.15) is 0 Å². The molecule has 1 rings (SSSR count). The quantitative estimate of drug-likeness (QED) is 0.0394.